The molecule has 1 aromatic rings. The van der Waals surface area contributed by atoms with Crippen molar-refractivity contribution >= 4 is 29.1 Å². The first-order valence-corrected chi connectivity index (χ1v) is 5.50. The highest BCUT2D eigenvalue weighted by Crippen LogP contribution is 2.30. The molecular weight excluding hydrogens is 268 g/mol. The average Bonchev–Trinajstić information content (AvgIpc) is 2.37. The van der Waals surface area contributed by atoms with Gasteiger partial charge in [0.15, 0.2) is 5.75 Å². The first-order chi connectivity index (χ1) is 9.49. The lowest BCUT2D eigenvalue weighted by Gasteiger charge is -2.14. The van der Waals surface area contributed by atoms with Gasteiger partial charge in [-0.3, -0.25) is 30.3 Å². The molecule has 2 rings (SSSR count). The maximum absolute atomic E-state index is 11.2. The summed E-state index contributed by atoms with van der Waals surface area (Å²) in [6, 6.07) is 4.02. The van der Waals surface area contributed by atoms with Crippen molar-refractivity contribution in [1.29, 1.82) is 0 Å². The number of nitrogens with one attached hydrogen (secondary N) is 2. The Morgan fingerprint density at radius 3 is 2.50 bits per heavy atom. The Hall–Kier alpha value is -2.97. The number of hydrogen-bond donors (Lipinski definition) is 2. The molecule has 0 spiro atoms. The van der Waals surface area contributed by atoms with Crippen molar-refractivity contribution < 1.29 is 19.2 Å². The van der Waals surface area contributed by atoms with Gasteiger partial charge in [0.05, 0.1) is 17.7 Å². The van der Waals surface area contributed by atoms with Gasteiger partial charge in [0.1, 0.15) is 6.42 Å². The van der Waals surface area contributed by atoms with Gasteiger partial charge in [-0.2, -0.15) is 0 Å². The third-order valence-corrected chi connectivity index (χ3v) is 2.44. The Morgan fingerprint density at radius 1 is 1.30 bits per heavy atom. The molecule has 9 heteroatoms. The molecule has 1 aromatic carbocycles. The van der Waals surface area contributed by atoms with E-state index in [-0.39, 0.29) is 29.5 Å². The minimum atomic E-state index is -0.611. The molecule has 1 saturated heterocycles. The minimum absolute atomic E-state index is 0.0642. The van der Waals surface area contributed by atoms with E-state index in [1.165, 1.54) is 25.3 Å². The summed E-state index contributed by atoms with van der Waals surface area (Å²) in [6.45, 7) is 0. The van der Waals surface area contributed by atoms with Crippen molar-refractivity contribution in [2.75, 3.05) is 7.11 Å². The predicted molar refractivity (Wildman–Crippen MR) is 67.6 cm³/mol. The van der Waals surface area contributed by atoms with Gasteiger partial charge in [-0.25, -0.2) is 4.99 Å². The number of ether oxygens (including phenoxy) is 1. The molecule has 104 valence electrons. The average molecular weight is 278 g/mol. The quantitative estimate of drug-likeness (QED) is 0.465. The van der Waals surface area contributed by atoms with Crippen LogP contribution in [0.2, 0.25) is 0 Å². The molecule has 9 nitrogen and oxygen atoms in total. The van der Waals surface area contributed by atoms with E-state index in [1.54, 1.807) is 0 Å². The Kier molecular flexibility index (Phi) is 3.60. The predicted octanol–water partition coefficient (Wildman–Crippen LogP) is 0.227. The van der Waals surface area contributed by atoms with Crippen LogP contribution in [0.5, 0.6) is 5.75 Å². The Labute approximate surface area is 112 Å². The summed E-state index contributed by atoms with van der Waals surface area (Å²) in [5.74, 6) is -0.951. The van der Waals surface area contributed by atoms with E-state index in [0.29, 0.717) is 0 Å². The van der Waals surface area contributed by atoms with Crippen LogP contribution in [-0.4, -0.2) is 29.8 Å². The molecule has 1 aliphatic rings. The Bertz CT molecular complexity index is 607. The van der Waals surface area contributed by atoms with E-state index in [4.69, 9.17) is 4.74 Å². The van der Waals surface area contributed by atoms with Crippen LogP contribution in [-0.2, 0) is 9.59 Å². The summed E-state index contributed by atoms with van der Waals surface area (Å²) in [5, 5.41) is 15.6. The number of guanidine groups is 1. The number of nitro benzene ring substituents is 1. The van der Waals surface area contributed by atoms with Gasteiger partial charge in [0.2, 0.25) is 17.8 Å². The van der Waals surface area contributed by atoms with Crippen LogP contribution in [0.1, 0.15) is 6.42 Å². The van der Waals surface area contributed by atoms with Crippen LogP contribution in [0.15, 0.2) is 23.2 Å². The molecule has 0 aromatic heterocycles. The van der Waals surface area contributed by atoms with Crippen molar-refractivity contribution in [2.24, 2.45) is 4.99 Å². The molecule has 0 atom stereocenters. The lowest BCUT2D eigenvalue weighted by molar-refractivity contribution is -0.385. The summed E-state index contributed by atoms with van der Waals surface area (Å²) in [5.41, 5.74) is -0.0576. The molecule has 0 radical (unpaired) electrons. The van der Waals surface area contributed by atoms with Gasteiger partial charge in [0, 0.05) is 6.07 Å². The number of carbonyl (C=O) groups is 2. The van der Waals surface area contributed by atoms with E-state index in [1.807, 2.05) is 0 Å². The van der Waals surface area contributed by atoms with Gasteiger partial charge < -0.3 is 4.74 Å². The molecule has 0 aliphatic carbocycles. The summed E-state index contributed by atoms with van der Waals surface area (Å²) in [6.07, 6.45) is -0.276. The number of benzene rings is 1. The molecule has 20 heavy (non-hydrogen) atoms. The molecule has 0 unspecified atom stereocenters. The lowest BCUT2D eigenvalue weighted by Crippen LogP contribution is -2.50. The number of nitrogens with zero attached hydrogens (tertiary/aromatic N) is 2. The van der Waals surface area contributed by atoms with Crippen LogP contribution in [0.3, 0.4) is 0 Å². The van der Waals surface area contributed by atoms with E-state index in [0.717, 1.165) is 0 Å². The second-order valence-electron chi connectivity index (χ2n) is 3.85. The van der Waals surface area contributed by atoms with Crippen LogP contribution < -0.4 is 15.4 Å². The molecule has 2 amide bonds. The standard InChI is InChI=1S/C11H10N4O5/c1-20-8-3-2-6(4-7(8)15(18)19)12-11-13-9(16)5-10(17)14-11/h2-4H,5H2,1H3,(H2,12,13,14,16,17). The molecule has 0 saturated carbocycles. The fourth-order valence-corrected chi connectivity index (χ4v) is 1.61. The largest absolute Gasteiger partial charge is 0.490 e. The summed E-state index contributed by atoms with van der Waals surface area (Å²) in [7, 11) is 1.31. The molecule has 1 heterocycles. The number of aliphatic imine (C=N–C) groups is 1. The highest BCUT2D eigenvalue weighted by molar-refractivity contribution is 6.16. The van der Waals surface area contributed by atoms with E-state index in [2.05, 4.69) is 15.6 Å². The van der Waals surface area contributed by atoms with Crippen LogP contribution >= 0.6 is 0 Å². The third kappa shape index (κ3) is 2.88. The van der Waals surface area contributed by atoms with Crippen LogP contribution in [0.25, 0.3) is 0 Å². The molecule has 0 bridgehead atoms. The van der Waals surface area contributed by atoms with Gasteiger partial charge in [-0.05, 0) is 12.1 Å². The number of hydrogen-bond acceptors (Lipinski definition) is 6. The molecule has 2 N–H and O–H groups in total. The topological polar surface area (TPSA) is 123 Å². The fraction of sp³-hybridized carbons (Fsp3) is 0.182. The smallest absolute Gasteiger partial charge is 0.313 e. The fourth-order valence-electron chi connectivity index (χ4n) is 1.61. The monoisotopic (exact) mass is 278 g/mol. The van der Waals surface area contributed by atoms with Gasteiger partial charge in [-0.15, -0.1) is 0 Å². The zero-order chi connectivity index (χ0) is 14.7. The lowest BCUT2D eigenvalue weighted by atomic mass is 10.2. The Balaban J connectivity index is 2.34. The van der Waals surface area contributed by atoms with Crippen molar-refractivity contribution in [3.8, 4) is 5.75 Å². The highest BCUT2D eigenvalue weighted by Gasteiger charge is 2.20. The SMILES string of the molecule is COc1ccc(N=C2NC(=O)CC(=O)N2)cc1[N+](=O)[O-]. The Morgan fingerprint density at radius 2 is 1.95 bits per heavy atom. The first-order valence-electron chi connectivity index (χ1n) is 5.50. The van der Waals surface area contributed by atoms with E-state index in [9.17, 15) is 19.7 Å². The minimum Gasteiger partial charge on any atom is -0.490 e. The van der Waals surface area contributed by atoms with Crippen molar-refractivity contribution in [3.05, 3.63) is 28.3 Å². The molecular formula is C11H10N4O5. The summed E-state index contributed by atoms with van der Waals surface area (Å²) in [4.78, 5) is 36.5. The number of nitro groups is 1. The summed E-state index contributed by atoms with van der Waals surface area (Å²) >= 11 is 0. The van der Waals surface area contributed by atoms with Gasteiger partial charge in [0.25, 0.3) is 0 Å². The molecule has 1 fully saturated rings. The van der Waals surface area contributed by atoms with Crippen molar-refractivity contribution in [2.45, 2.75) is 6.42 Å². The van der Waals surface area contributed by atoms with Crippen LogP contribution in [0, 0.1) is 10.1 Å². The number of methoxy groups -OCH3 is 1. The normalized spacial score (nSPS) is 14.3. The van der Waals surface area contributed by atoms with Gasteiger partial charge >= 0.3 is 5.69 Å². The second kappa shape index (κ2) is 5.34. The third-order valence-electron chi connectivity index (χ3n) is 2.44. The van der Waals surface area contributed by atoms with Gasteiger partial charge in [-0.1, -0.05) is 0 Å². The number of rotatable bonds is 3. The molecule has 1 aliphatic heterocycles. The first kappa shape index (κ1) is 13.5. The second-order valence-corrected chi connectivity index (χ2v) is 3.85. The maximum Gasteiger partial charge on any atom is 0.313 e. The zero-order valence-electron chi connectivity index (χ0n) is 10.4. The van der Waals surface area contributed by atoms with Crippen molar-refractivity contribution in [1.82, 2.24) is 10.6 Å². The maximum atomic E-state index is 11.2. The van der Waals surface area contributed by atoms with Crippen LogP contribution in [0.4, 0.5) is 11.4 Å². The van der Waals surface area contributed by atoms with E-state index >= 15 is 0 Å². The van der Waals surface area contributed by atoms with Crippen molar-refractivity contribution in [3.63, 3.8) is 0 Å². The number of carbonyl (C=O) groups excluding carboxylic acids is 2. The highest BCUT2D eigenvalue weighted by atomic mass is 16.6. The zero-order valence-corrected chi connectivity index (χ0v) is 10.4. The number of amides is 2. The summed E-state index contributed by atoms with van der Waals surface area (Å²) < 4.78 is 4.86. The van der Waals surface area contributed by atoms with E-state index < -0.39 is 16.7 Å².